The Morgan fingerprint density at radius 1 is 1.14 bits per heavy atom. The molecule has 4 saturated carbocycles. The van der Waals surface area contributed by atoms with Gasteiger partial charge >= 0.3 is 0 Å². The molecule has 0 aromatic heterocycles. The van der Waals surface area contributed by atoms with Crippen LogP contribution in [0.5, 0.6) is 5.75 Å². The van der Waals surface area contributed by atoms with Crippen LogP contribution >= 0.6 is 0 Å². The second kappa shape index (κ2) is 4.49. The van der Waals surface area contributed by atoms with Gasteiger partial charge in [-0.05, 0) is 74.5 Å². The Bertz CT molecular complexity index is 558. The van der Waals surface area contributed by atoms with Crippen LogP contribution in [0.1, 0.15) is 48.9 Å². The number of hydrogen-bond donors (Lipinski definition) is 1. The van der Waals surface area contributed by atoms with Crippen LogP contribution in [0.15, 0.2) is 18.2 Å². The van der Waals surface area contributed by atoms with Gasteiger partial charge in [-0.3, -0.25) is 4.79 Å². The number of ketones is 1. The maximum absolute atomic E-state index is 13.2. The van der Waals surface area contributed by atoms with Crippen molar-refractivity contribution in [2.24, 2.45) is 23.2 Å². The summed E-state index contributed by atoms with van der Waals surface area (Å²) in [5.41, 5.74) is 7.23. The zero-order chi connectivity index (χ0) is 14.6. The third-order valence-electron chi connectivity index (χ3n) is 6.01. The Hall–Kier alpha value is -1.51. The molecule has 4 fully saturated rings. The summed E-state index contributed by atoms with van der Waals surface area (Å²) in [5.74, 6) is 3.34. The topological polar surface area (TPSA) is 52.3 Å². The molecular formula is C18H23NO2. The van der Waals surface area contributed by atoms with Gasteiger partial charge in [-0.15, -0.1) is 0 Å². The summed E-state index contributed by atoms with van der Waals surface area (Å²) in [7, 11) is 1.60. The normalized spacial score (nSPS) is 36.7. The van der Waals surface area contributed by atoms with Crippen molar-refractivity contribution in [3.63, 3.8) is 0 Å². The maximum atomic E-state index is 13.2. The van der Waals surface area contributed by atoms with Crippen molar-refractivity contribution in [3.8, 4) is 5.75 Å². The Morgan fingerprint density at radius 3 is 2.19 bits per heavy atom. The summed E-state index contributed by atoms with van der Waals surface area (Å²) >= 11 is 0. The van der Waals surface area contributed by atoms with Crippen LogP contribution in [0, 0.1) is 23.2 Å². The lowest BCUT2D eigenvalue weighted by molar-refractivity contribution is -0.0353. The highest BCUT2D eigenvalue weighted by Crippen LogP contribution is 2.61. The monoisotopic (exact) mass is 285 g/mol. The molecule has 0 unspecified atom stereocenters. The van der Waals surface area contributed by atoms with E-state index in [1.54, 1.807) is 13.2 Å². The van der Waals surface area contributed by atoms with Gasteiger partial charge in [-0.1, -0.05) is 0 Å². The average molecular weight is 285 g/mol. The number of hydrogen-bond acceptors (Lipinski definition) is 3. The molecule has 0 heterocycles. The highest BCUT2D eigenvalue weighted by molar-refractivity contribution is 6.01. The molecule has 0 amide bonds. The Balaban J connectivity index is 1.67. The van der Waals surface area contributed by atoms with E-state index in [0.29, 0.717) is 17.2 Å². The van der Waals surface area contributed by atoms with E-state index in [0.717, 1.165) is 42.6 Å². The van der Waals surface area contributed by atoms with E-state index < -0.39 is 0 Å². The summed E-state index contributed by atoms with van der Waals surface area (Å²) < 4.78 is 5.19. The summed E-state index contributed by atoms with van der Waals surface area (Å²) in [5, 5.41) is 0. The molecule has 0 saturated heterocycles. The largest absolute Gasteiger partial charge is 0.495 e. The lowest BCUT2D eigenvalue weighted by Crippen LogP contribution is -2.50. The van der Waals surface area contributed by atoms with Gasteiger partial charge in [-0.25, -0.2) is 0 Å². The van der Waals surface area contributed by atoms with E-state index in [1.807, 2.05) is 12.1 Å². The highest BCUT2D eigenvalue weighted by atomic mass is 16.5. The van der Waals surface area contributed by atoms with Crippen LogP contribution in [0.25, 0.3) is 0 Å². The first-order valence-corrected chi connectivity index (χ1v) is 8.08. The molecule has 4 aliphatic carbocycles. The summed E-state index contributed by atoms with van der Waals surface area (Å²) in [4.78, 5) is 13.2. The van der Waals surface area contributed by atoms with Crippen LogP contribution < -0.4 is 10.5 Å². The summed E-state index contributed by atoms with van der Waals surface area (Å²) in [6.07, 6.45) is 7.38. The SMILES string of the molecule is COc1ccc(C(=O)C23CC4CC(CC(C4)C2)C3)cc1N. The third-order valence-corrected chi connectivity index (χ3v) is 6.01. The quantitative estimate of drug-likeness (QED) is 0.681. The summed E-state index contributed by atoms with van der Waals surface area (Å²) in [6, 6.07) is 5.51. The van der Waals surface area contributed by atoms with Crippen molar-refractivity contribution in [2.45, 2.75) is 38.5 Å². The molecule has 21 heavy (non-hydrogen) atoms. The van der Waals surface area contributed by atoms with Crippen LogP contribution in [0.2, 0.25) is 0 Å². The van der Waals surface area contributed by atoms with Gasteiger partial charge in [0, 0.05) is 11.0 Å². The zero-order valence-electron chi connectivity index (χ0n) is 12.6. The zero-order valence-corrected chi connectivity index (χ0v) is 12.6. The van der Waals surface area contributed by atoms with Crippen LogP contribution in [-0.2, 0) is 0 Å². The molecule has 0 aliphatic heterocycles. The molecule has 112 valence electrons. The lowest BCUT2D eigenvalue weighted by Gasteiger charge is -2.56. The molecule has 3 nitrogen and oxygen atoms in total. The number of carbonyl (C=O) groups excluding carboxylic acids is 1. The van der Waals surface area contributed by atoms with Gasteiger partial charge in [0.1, 0.15) is 5.75 Å². The molecule has 3 heteroatoms. The van der Waals surface area contributed by atoms with Crippen molar-refractivity contribution in [3.05, 3.63) is 23.8 Å². The molecule has 5 rings (SSSR count). The van der Waals surface area contributed by atoms with Gasteiger partial charge in [0.15, 0.2) is 5.78 Å². The number of ether oxygens (including phenoxy) is 1. The first-order valence-electron chi connectivity index (χ1n) is 8.08. The minimum absolute atomic E-state index is 0.0875. The smallest absolute Gasteiger partial charge is 0.169 e. The van der Waals surface area contributed by atoms with Crippen molar-refractivity contribution in [1.82, 2.24) is 0 Å². The second-order valence-corrected chi connectivity index (χ2v) is 7.48. The van der Waals surface area contributed by atoms with Gasteiger partial charge in [0.25, 0.3) is 0 Å². The predicted molar refractivity (Wildman–Crippen MR) is 82.3 cm³/mol. The van der Waals surface area contributed by atoms with Crippen molar-refractivity contribution in [1.29, 1.82) is 0 Å². The van der Waals surface area contributed by atoms with Crippen LogP contribution in [0.4, 0.5) is 5.69 Å². The molecule has 4 aliphatic rings. The number of methoxy groups -OCH3 is 1. The number of carbonyl (C=O) groups is 1. The van der Waals surface area contributed by atoms with Crippen molar-refractivity contribution in [2.75, 3.05) is 12.8 Å². The summed E-state index contributed by atoms with van der Waals surface area (Å²) in [6.45, 7) is 0. The fourth-order valence-corrected chi connectivity index (χ4v) is 5.57. The van der Waals surface area contributed by atoms with Crippen LogP contribution in [0.3, 0.4) is 0 Å². The predicted octanol–water partition coefficient (Wildman–Crippen LogP) is 3.68. The van der Waals surface area contributed by atoms with Crippen molar-refractivity contribution >= 4 is 11.5 Å². The van der Waals surface area contributed by atoms with Crippen molar-refractivity contribution < 1.29 is 9.53 Å². The molecule has 0 atom stereocenters. The Labute approximate surface area is 125 Å². The molecular weight excluding hydrogens is 262 g/mol. The number of rotatable bonds is 3. The van der Waals surface area contributed by atoms with E-state index in [2.05, 4.69) is 0 Å². The molecule has 1 aromatic rings. The highest BCUT2D eigenvalue weighted by Gasteiger charge is 2.54. The van der Waals surface area contributed by atoms with Gasteiger partial charge in [-0.2, -0.15) is 0 Å². The number of anilines is 1. The molecule has 0 spiro atoms. The number of benzene rings is 1. The molecule has 2 N–H and O–H groups in total. The third kappa shape index (κ3) is 1.97. The number of Topliss-reactive ketones (excluding diaryl/α,β-unsaturated/α-hetero) is 1. The van der Waals surface area contributed by atoms with E-state index in [4.69, 9.17) is 10.5 Å². The Morgan fingerprint density at radius 2 is 1.71 bits per heavy atom. The van der Waals surface area contributed by atoms with E-state index in [1.165, 1.54) is 19.3 Å². The lowest BCUT2D eigenvalue weighted by atomic mass is 9.48. The maximum Gasteiger partial charge on any atom is 0.169 e. The second-order valence-electron chi connectivity index (χ2n) is 7.48. The number of nitrogen functional groups attached to an aromatic ring is 1. The molecule has 0 radical (unpaired) electrons. The van der Waals surface area contributed by atoms with Gasteiger partial charge in [0.05, 0.1) is 12.8 Å². The standard InChI is InChI=1S/C18H23NO2/c1-21-16-3-2-14(7-15(16)19)17(20)18-8-11-4-12(9-18)6-13(5-11)10-18/h2-3,7,11-13H,4-6,8-10,19H2,1H3. The van der Waals surface area contributed by atoms with E-state index in [-0.39, 0.29) is 5.41 Å². The van der Waals surface area contributed by atoms with Gasteiger partial charge in [0.2, 0.25) is 0 Å². The first kappa shape index (κ1) is 13.2. The van der Waals surface area contributed by atoms with E-state index in [9.17, 15) is 4.79 Å². The first-order chi connectivity index (χ1) is 10.1. The Kier molecular flexibility index (Phi) is 2.82. The van der Waals surface area contributed by atoms with Crippen LogP contribution in [-0.4, -0.2) is 12.9 Å². The fraction of sp³-hybridized carbons (Fsp3) is 0.611. The molecule has 1 aromatic carbocycles. The molecule has 4 bridgehead atoms. The minimum atomic E-state index is -0.0875. The average Bonchev–Trinajstić information content (AvgIpc) is 2.45. The fourth-order valence-electron chi connectivity index (χ4n) is 5.57. The minimum Gasteiger partial charge on any atom is -0.495 e. The number of nitrogens with two attached hydrogens (primary N) is 1. The van der Waals surface area contributed by atoms with Gasteiger partial charge < -0.3 is 10.5 Å². The van der Waals surface area contributed by atoms with E-state index >= 15 is 0 Å².